The van der Waals surface area contributed by atoms with Crippen LogP contribution in [-0.4, -0.2) is 141 Å². The summed E-state index contributed by atoms with van der Waals surface area (Å²) in [6, 6.07) is 11.5. The molecule has 0 spiro atoms. The maximum atomic E-state index is 17.6. The van der Waals surface area contributed by atoms with E-state index in [1.807, 2.05) is 69.9 Å². The van der Waals surface area contributed by atoms with Gasteiger partial charge in [0, 0.05) is 98.4 Å². The highest BCUT2D eigenvalue weighted by Gasteiger charge is 2.45. The maximum absolute atomic E-state index is 17.6. The number of piperazine rings is 1. The maximum Gasteiger partial charge on any atom is 0.417 e. The average Bonchev–Trinajstić information content (AvgIpc) is 1.94. The number of nitrogen functional groups attached to an aromatic ring is 1. The fourth-order valence-corrected chi connectivity index (χ4v) is 13.3. The summed E-state index contributed by atoms with van der Waals surface area (Å²) in [6.45, 7) is 13.7. The van der Waals surface area contributed by atoms with Crippen molar-refractivity contribution in [1.29, 1.82) is 5.26 Å². The Labute approximate surface area is 483 Å². The second-order valence-corrected chi connectivity index (χ2v) is 24.5. The van der Waals surface area contributed by atoms with Crippen LogP contribution in [0.5, 0.6) is 6.01 Å². The van der Waals surface area contributed by atoms with E-state index in [-0.39, 0.29) is 102 Å². The van der Waals surface area contributed by atoms with Gasteiger partial charge in [-0.15, -0.1) is 11.3 Å². The molecule has 4 aliphatic rings. The molecule has 3 aromatic carbocycles. The minimum absolute atomic E-state index is 0.0227. The molecular formula is C60H72F4N12O6S. The number of aliphatic hydroxyl groups excluding tert-OH is 1. The van der Waals surface area contributed by atoms with Gasteiger partial charge in [0.05, 0.1) is 57.2 Å². The number of anilines is 2. The summed E-state index contributed by atoms with van der Waals surface area (Å²) in [5, 5.41) is 30.4. The number of hydrogen-bond donors (Lipinski definition) is 5. The number of alkyl halides is 3. The van der Waals surface area contributed by atoms with Crippen molar-refractivity contribution in [3.8, 4) is 33.6 Å². The number of nitrogens with one attached hydrogen (secondary N) is 3. The number of fused-ring (bicyclic) bond motifs is 4. The topological polar surface area (TPSA) is 229 Å². The van der Waals surface area contributed by atoms with Crippen LogP contribution in [0.1, 0.15) is 107 Å². The number of nitrogens with zero attached hydrogens (tertiary/aromatic N) is 8. The third kappa shape index (κ3) is 12.2. The van der Waals surface area contributed by atoms with E-state index in [0.29, 0.717) is 43.9 Å². The molecule has 10 rings (SSSR count). The van der Waals surface area contributed by atoms with Gasteiger partial charge in [-0.05, 0) is 94.2 Å². The summed E-state index contributed by atoms with van der Waals surface area (Å²) >= 11 is 1.56. The van der Waals surface area contributed by atoms with E-state index in [1.54, 1.807) is 41.5 Å². The number of benzene rings is 3. The van der Waals surface area contributed by atoms with Crippen molar-refractivity contribution in [3.63, 3.8) is 0 Å². The molecule has 23 heteroatoms. The molecule has 442 valence electrons. The van der Waals surface area contributed by atoms with E-state index < -0.39 is 64.4 Å². The lowest BCUT2D eigenvalue weighted by atomic mass is 9.85. The number of aliphatic hydroxyl groups is 1. The van der Waals surface area contributed by atoms with Crippen LogP contribution in [0.15, 0.2) is 48.0 Å². The Morgan fingerprint density at radius 1 is 1.00 bits per heavy atom. The minimum atomic E-state index is -5.02. The average molecular weight is 1170 g/mol. The number of aryl methyl sites for hydroxylation is 2. The van der Waals surface area contributed by atoms with Gasteiger partial charge in [0.1, 0.15) is 36.1 Å². The van der Waals surface area contributed by atoms with Gasteiger partial charge >= 0.3 is 12.2 Å². The van der Waals surface area contributed by atoms with Gasteiger partial charge in [-0.1, -0.05) is 45.0 Å². The smallest absolute Gasteiger partial charge is 0.417 e. The molecule has 2 bridgehead atoms. The lowest BCUT2D eigenvalue weighted by Crippen LogP contribution is -2.58. The number of carbonyl (C=O) groups is 3. The Morgan fingerprint density at radius 2 is 1.73 bits per heavy atom. The first-order valence-corrected chi connectivity index (χ1v) is 29.3. The predicted molar refractivity (Wildman–Crippen MR) is 309 cm³/mol. The normalized spacial score (nSPS) is 21.0. The van der Waals surface area contributed by atoms with E-state index in [2.05, 4.69) is 30.8 Å². The SMILES string of the molecule is Cc1ncsc1-c1ccc([C@H](C)NC(=O)[C@@H]2C[C@@H](O)CN2C(=O)[C@@H](NC(=O)CCOCCCN2CCC[C@H]2COc2nc(N3CC4CCC(C3)N4)c3cc(C(F)(F)F)c(-c4c(C)n(C)c5ccc(N)c(C#N)c45)c(F)c3n2)C(C)(C)C)cc1. The number of nitriles is 1. The number of hydrogen-bond acceptors (Lipinski definition) is 15. The Hall–Kier alpha value is -6.97. The van der Waals surface area contributed by atoms with Crippen molar-refractivity contribution in [1.82, 2.24) is 45.3 Å². The molecule has 0 radical (unpaired) electrons. The number of rotatable bonds is 18. The number of ether oxygens (including phenoxy) is 2. The van der Waals surface area contributed by atoms with Gasteiger partial charge in [0.15, 0.2) is 5.82 Å². The number of carbonyl (C=O) groups excluding carboxylic acids is 3. The Morgan fingerprint density at radius 3 is 2.41 bits per heavy atom. The molecule has 4 saturated heterocycles. The van der Waals surface area contributed by atoms with Crippen LogP contribution in [0.3, 0.4) is 0 Å². The van der Waals surface area contributed by atoms with Crippen LogP contribution < -0.4 is 31.3 Å². The molecule has 6 aromatic rings. The van der Waals surface area contributed by atoms with Gasteiger partial charge in [-0.2, -0.15) is 28.4 Å². The van der Waals surface area contributed by atoms with E-state index in [1.165, 1.54) is 11.0 Å². The molecule has 18 nitrogen and oxygen atoms in total. The zero-order valence-corrected chi connectivity index (χ0v) is 48.6. The van der Waals surface area contributed by atoms with Crippen LogP contribution in [0.25, 0.3) is 43.4 Å². The fraction of sp³-hybridized carbons (Fsp3) is 0.517. The number of thiazole rings is 1. The summed E-state index contributed by atoms with van der Waals surface area (Å²) in [5.41, 5.74) is 8.44. The zero-order chi connectivity index (χ0) is 59.2. The largest absolute Gasteiger partial charge is 0.462 e. The molecule has 83 heavy (non-hydrogen) atoms. The van der Waals surface area contributed by atoms with E-state index >= 15 is 17.6 Å². The highest BCUT2D eigenvalue weighted by atomic mass is 32.1. The first-order valence-electron chi connectivity index (χ1n) is 28.4. The van der Waals surface area contributed by atoms with Crippen molar-refractivity contribution < 1.29 is 46.5 Å². The molecule has 7 heterocycles. The minimum Gasteiger partial charge on any atom is -0.462 e. The van der Waals surface area contributed by atoms with Gasteiger partial charge in [0.25, 0.3) is 0 Å². The van der Waals surface area contributed by atoms with Gasteiger partial charge in [-0.3, -0.25) is 19.3 Å². The second-order valence-electron chi connectivity index (χ2n) is 23.7. The molecular weight excluding hydrogens is 1090 g/mol. The van der Waals surface area contributed by atoms with E-state index in [9.17, 15) is 24.8 Å². The highest BCUT2D eigenvalue weighted by molar-refractivity contribution is 7.13. The Balaban J connectivity index is 0.765. The lowest BCUT2D eigenvalue weighted by Gasteiger charge is -2.35. The van der Waals surface area contributed by atoms with Crippen molar-refractivity contribution in [2.75, 3.05) is 63.2 Å². The van der Waals surface area contributed by atoms with Gasteiger partial charge < -0.3 is 50.6 Å². The quantitative estimate of drug-likeness (QED) is 0.0311. The molecule has 6 N–H and O–H groups in total. The van der Waals surface area contributed by atoms with Crippen molar-refractivity contribution in [2.24, 2.45) is 12.5 Å². The standard InChI is InChI=1S/C60H72F4N12O6S/c1-32(35-11-13-36(14-12-35)53-33(2)67-31-83-53)68-56(79)46-24-40(77)29-76(46)57(80)54(59(4,5)6)70-47(78)19-23-81-22-9-21-74-20-8-10-39(74)30-82-58-71-52-41(55(72-58)75-27-37-15-16-38(28-75)69-37)25-43(60(62,63)64)50(51(52)61)48-34(3)73(7)45-18-17-44(66)42(26-65)49(45)48/h11-14,17-18,25,31-32,37-40,46,54,69,77H,8-10,15-16,19-24,27-30,66H2,1-7H3,(H,68,79)(H,70,78)/t32-,37?,38?,39-,40+,46-,54+/m0/s1. The molecule has 2 unspecified atom stereocenters. The first kappa shape index (κ1) is 59.2. The predicted octanol–water partition coefficient (Wildman–Crippen LogP) is 8.09. The van der Waals surface area contributed by atoms with Crippen LogP contribution in [0, 0.1) is 36.4 Å². The van der Waals surface area contributed by atoms with E-state index in [0.717, 1.165) is 60.0 Å². The summed E-state index contributed by atoms with van der Waals surface area (Å²) in [5.74, 6) is -2.32. The molecule has 7 atom stereocenters. The molecule has 0 aliphatic carbocycles. The lowest BCUT2D eigenvalue weighted by molar-refractivity contribution is -0.144. The van der Waals surface area contributed by atoms with Gasteiger partial charge in [0.2, 0.25) is 17.7 Å². The molecule has 0 saturated carbocycles. The summed E-state index contributed by atoms with van der Waals surface area (Å²) in [7, 11) is 1.64. The number of nitrogens with two attached hydrogens (primary N) is 1. The number of β-amino-alcohol motifs (C(OH)–C–C–N with tert-alkyl or cyclic N) is 1. The van der Waals surface area contributed by atoms with Crippen LogP contribution >= 0.6 is 11.3 Å². The Bertz CT molecular complexity index is 3460. The van der Waals surface area contributed by atoms with Crippen LogP contribution in [0.4, 0.5) is 29.1 Å². The molecule has 3 amide bonds. The van der Waals surface area contributed by atoms with Crippen molar-refractivity contribution in [3.05, 3.63) is 81.9 Å². The van der Waals surface area contributed by atoms with E-state index in [4.69, 9.17) is 20.2 Å². The molecule has 4 aliphatic heterocycles. The van der Waals surface area contributed by atoms with Crippen molar-refractivity contribution in [2.45, 2.75) is 135 Å². The number of aromatic nitrogens is 4. The summed E-state index contributed by atoms with van der Waals surface area (Å²) in [4.78, 5) is 61.7. The first-order chi connectivity index (χ1) is 39.5. The molecule has 4 fully saturated rings. The number of likely N-dealkylation sites (tertiary alicyclic amines) is 2. The monoisotopic (exact) mass is 1160 g/mol. The summed E-state index contributed by atoms with van der Waals surface area (Å²) in [6.07, 6.45) is -1.87. The van der Waals surface area contributed by atoms with Crippen LogP contribution in [0.2, 0.25) is 0 Å². The van der Waals surface area contributed by atoms with Gasteiger partial charge in [-0.25, -0.2) is 9.37 Å². The zero-order valence-electron chi connectivity index (χ0n) is 47.8. The highest BCUT2D eigenvalue weighted by Crippen LogP contribution is 2.48. The van der Waals surface area contributed by atoms with Crippen LogP contribution in [-0.2, 0) is 32.3 Å². The fourth-order valence-electron chi connectivity index (χ4n) is 12.5. The summed E-state index contributed by atoms with van der Waals surface area (Å²) < 4.78 is 77.7. The third-order valence-electron chi connectivity index (χ3n) is 16.9. The second kappa shape index (κ2) is 24.0. The van der Waals surface area contributed by atoms with Crippen molar-refractivity contribution >= 4 is 62.4 Å². The Kier molecular flexibility index (Phi) is 17.1. The molecule has 3 aromatic heterocycles. The third-order valence-corrected chi connectivity index (χ3v) is 17.9. The number of amides is 3. The number of halogens is 4.